The highest BCUT2D eigenvalue weighted by atomic mass is 15.3. The third-order valence-electron chi connectivity index (χ3n) is 3.15. The molecule has 0 aliphatic heterocycles. The van der Waals surface area contributed by atoms with E-state index in [1.54, 1.807) is 0 Å². The van der Waals surface area contributed by atoms with Gasteiger partial charge in [-0.3, -0.25) is 4.48 Å². The average Bonchev–Trinajstić information content (AvgIpc) is 2.38. The number of quaternary nitrogens is 1. The van der Waals surface area contributed by atoms with Gasteiger partial charge in [0.15, 0.2) is 0 Å². The van der Waals surface area contributed by atoms with Crippen molar-refractivity contribution in [2.75, 3.05) is 33.5 Å². The molecule has 0 aliphatic carbocycles. The first-order valence-electron chi connectivity index (χ1n) is 6.21. The average molecular weight is 241 g/mol. The first-order chi connectivity index (χ1) is 8.50. The zero-order chi connectivity index (χ0) is 13.2. The molecule has 0 saturated heterocycles. The van der Waals surface area contributed by atoms with Crippen molar-refractivity contribution in [3.63, 3.8) is 0 Å². The molecule has 0 radical (unpaired) electrons. The quantitative estimate of drug-likeness (QED) is 0.810. The van der Waals surface area contributed by atoms with Crippen LogP contribution >= 0.6 is 0 Å². The lowest BCUT2D eigenvalue weighted by molar-refractivity contribution is 0.486. The van der Waals surface area contributed by atoms with E-state index < -0.39 is 0 Å². The highest BCUT2D eigenvalue weighted by molar-refractivity contribution is 5.67. The third kappa shape index (κ3) is 2.71. The minimum absolute atomic E-state index is 0.846. The summed E-state index contributed by atoms with van der Waals surface area (Å²) in [7, 11) is 8.47. The van der Waals surface area contributed by atoms with Crippen LogP contribution in [0.4, 0.5) is 11.4 Å². The SMILES string of the molecule is CNc1ccc(-c2ccc([N+](C)(C)C)cc2)cc1. The Kier molecular flexibility index (Phi) is 3.39. The van der Waals surface area contributed by atoms with Gasteiger partial charge in [-0.1, -0.05) is 12.1 Å². The van der Waals surface area contributed by atoms with Crippen LogP contribution in [0.25, 0.3) is 11.1 Å². The van der Waals surface area contributed by atoms with Gasteiger partial charge in [-0.2, -0.15) is 0 Å². The smallest absolute Gasteiger partial charge is 0.132 e. The van der Waals surface area contributed by atoms with Gasteiger partial charge < -0.3 is 5.32 Å². The Balaban J connectivity index is 2.28. The van der Waals surface area contributed by atoms with Crippen LogP contribution in [0.1, 0.15) is 0 Å². The van der Waals surface area contributed by atoms with Crippen molar-refractivity contribution in [1.29, 1.82) is 0 Å². The molecule has 0 spiro atoms. The Labute approximate surface area is 109 Å². The van der Waals surface area contributed by atoms with Crippen molar-refractivity contribution in [2.24, 2.45) is 0 Å². The van der Waals surface area contributed by atoms with Crippen molar-refractivity contribution in [3.05, 3.63) is 48.5 Å². The normalized spacial score (nSPS) is 11.3. The van der Waals surface area contributed by atoms with Crippen molar-refractivity contribution in [2.45, 2.75) is 0 Å². The molecular weight excluding hydrogens is 220 g/mol. The maximum absolute atomic E-state index is 3.13. The van der Waals surface area contributed by atoms with Crippen LogP contribution in [0.15, 0.2) is 48.5 Å². The molecule has 0 aromatic heterocycles. The summed E-state index contributed by atoms with van der Waals surface area (Å²) in [6.07, 6.45) is 0. The van der Waals surface area contributed by atoms with Crippen LogP contribution < -0.4 is 9.80 Å². The molecule has 2 aromatic carbocycles. The first-order valence-corrected chi connectivity index (χ1v) is 6.21. The second kappa shape index (κ2) is 4.83. The lowest BCUT2D eigenvalue weighted by atomic mass is 10.0. The van der Waals surface area contributed by atoms with E-state index in [-0.39, 0.29) is 0 Å². The van der Waals surface area contributed by atoms with Gasteiger partial charge in [-0.25, -0.2) is 0 Å². The van der Waals surface area contributed by atoms with Gasteiger partial charge in [0.05, 0.1) is 21.1 Å². The van der Waals surface area contributed by atoms with Crippen LogP contribution in [-0.4, -0.2) is 28.2 Å². The van der Waals surface area contributed by atoms with Gasteiger partial charge in [-0.15, -0.1) is 0 Å². The van der Waals surface area contributed by atoms with Crippen molar-refractivity contribution in [1.82, 2.24) is 4.48 Å². The summed E-state index contributed by atoms with van der Waals surface area (Å²) >= 11 is 0. The molecule has 2 heteroatoms. The van der Waals surface area contributed by atoms with E-state index in [4.69, 9.17) is 0 Å². The van der Waals surface area contributed by atoms with Gasteiger partial charge in [0.1, 0.15) is 5.69 Å². The van der Waals surface area contributed by atoms with E-state index in [1.165, 1.54) is 16.8 Å². The van der Waals surface area contributed by atoms with Crippen LogP contribution in [0.5, 0.6) is 0 Å². The largest absolute Gasteiger partial charge is 0.388 e. The molecule has 94 valence electrons. The van der Waals surface area contributed by atoms with Gasteiger partial charge in [0.2, 0.25) is 0 Å². The molecule has 0 bridgehead atoms. The summed E-state index contributed by atoms with van der Waals surface area (Å²) in [5, 5.41) is 3.13. The monoisotopic (exact) mass is 241 g/mol. The lowest BCUT2D eigenvalue weighted by Gasteiger charge is -2.23. The van der Waals surface area contributed by atoms with E-state index in [0.717, 1.165) is 10.2 Å². The Hall–Kier alpha value is -1.80. The number of nitrogens with zero attached hydrogens (tertiary/aromatic N) is 1. The van der Waals surface area contributed by atoms with E-state index in [1.807, 2.05) is 7.05 Å². The predicted molar refractivity (Wildman–Crippen MR) is 81.0 cm³/mol. The topological polar surface area (TPSA) is 12.0 Å². The maximum atomic E-state index is 3.13. The minimum atomic E-state index is 0.846. The van der Waals surface area contributed by atoms with Crippen molar-refractivity contribution < 1.29 is 0 Å². The van der Waals surface area contributed by atoms with E-state index >= 15 is 0 Å². The van der Waals surface area contributed by atoms with E-state index in [0.29, 0.717) is 0 Å². The Morgan fingerprint density at radius 2 is 1.17 bits per heavy atom. The Morgan fingerprint density at radius 1 is 0.722 bits per heavy atom. The zero-order valence-corrected chi connectivity index (χ0v) is 11.6. The second-order valence-corrected chi connectivity index (χ2v) is 5.39. The third-order valence-corrected chi connectivity index (χ3v) is 3.15. The fourth-order valence-electron chi connectivity index (χ4n) is 1.93. The number of hydrogen-bond donors (Lipinski definition) is 1. The molecule has 0 aliphatic rings. The Morgan fingerprint density at radius 3 is 1.56 bits per heavy atom. The standard InChI is InChI=1S/C16H21N2/c1-17-15-9-5-13(6-10-15)14-7-11-16(12-8-14)18(2,3)4/h5-12,17H,1-4H3/q+1. The Bertz CT molecular complexity index is 504. The van der Waals surface area contributed by atoms with Gasteiger partial charge >= 0.3 is 0 Å². The predicted octanol–water partition coefficient (Wildman–Crippen LogP) is 3.59. The van der Waals surface area contributed by atoms with Crippen LogP contribution in [0.3, 0.4) is 0 Å². The van der Waals surface area contributed by atoms with Crippen molar-refractivity contribution in [3.8, 4) is 11.1 Å². The molecule has 0 fully saturated rings. The first kappa shape index (κ1) is 12.7. The number of hydrogen-bond acceptors (Lipinski definition) is 1. The van der Waals surface area contributed by atoms with Crippen LogP contribution in [-0.2, 0) is 0 Å². The molecule has 0 heterocycles. The summed E-state index contributed by atoms with van der Waals surface area (Å²) < 4.78 is 0.846. The maximum Gasteiger partial charge on any atom is 0.132 e. The molecule has 0 atom stereocenters. The van der Waals surface area contributed by atoms with Crippen molar-refractivity contribution >= 4 is 11.4 Å². The van der Waals surface area contributed by atoms with E-state index in [9.17, 15) is 0 Å². The van der Waals surface area contributed by atoms with Crippen LogP contribution in [0.2, 0.25) is 0 Å². The molecular formula is C16H21N2+. The summed E-state index contributed by atoms with van der Waals surface area (Å²) in [4.78, 5) is 0. The molecule has 1 N–H and O–H groups in total. The lowest BCUT2D eigenvalue weighted by Crippen LogP contribution is -2.34. The summed E-state index contributed by atoms with van der Waals surface area (Å²) in [5.41, 5.74) is 4.96. The van der Waals surface area contributed by atoms with Gasteiger partial charge in [-0.05, 0) is 47.5 Å². The molecule has 2 aromatic rings. The molecule has 18 heavy (non-hydrogen) atoms. The highest BCUT2D eigenvalue weighted by Crippen LogP contribution is 2.25. The zero-order valence-electron chi connectivity index (χ0n) is 11.6. The number of nitrogens with one attached hydrogen (secondary N) is 1. The molecule has 0 amide bonds. The van der Waals surface area contributed by atoms with Gasteiger partial charge in [0, 0.05) is 12.7 Å². The number of benzene rings is 2. The van der Waals surface area contributed by atoms with Crippen LogP contribution in [0, 0.1) is 0 Å². The fraction of sp³-hybridized carbons (Fsp3) is 0.250. The number of rotatable bonds is 3. The fourth-order valence-corrected chi connectivity index (χ4v) is 1.93. The summed E-state index contributed by atoms with van der Waals surface area (Å²) in [6, 6.07) is 17.3. The summed E-state index contributed by atoms with van der Waals surface area (Å²) in [6.45, 7) is 0. The second-order valence-electron chi connectivity index (χ2n) is 5.39. The molecule has 2 rings (SSSR count). The highest BCUT2D eigenvalue weighted by Gasteiger charge is 2.11. The van der Waals surface area contributed by atoms with E-state index in [2.05, 4.69) is 75.0 Å². The van der Waals surface area contributed by atoms with Gasteiger partial charge in [0.25, 0.3) is 0 Å². The molecule has 0 unspecified atom stereocenters. The molecule has 2 nitrogen and oxygen atoms in total. The minimum Gasteiger partial charge on any atom is -0.388 e. The number of anilines is 1. The molecule has 0 saturated carbocycles. The summed E-state index contributed by atoms with van der Waals surface area (Å²) in [5.74, 6) is 0.